The number of rotatable bonds is 2. The van der Waals surface area contributed by atoms with Gasteiger partial charge in [-0.2, -0.15) is 0 Å². The van der Waals surface area contributed by atoms with E-state index in [0.717, 1.165) is 24.0 Å². The average Bonchev–Trinajstić information content (AvgIpc) is 2.55. The lowest BCUT2D eigenvalue weighted by atomic mass is 9.64. The van der Waals surface area contributed by atoms with E-state index in [9.17, 15) is 4.79 Å². The van der Waals surface area contributed by atoms with E-state index in [4.69, 9.17) is 0 Å². The van der Waals surface area contributed by atoms with E-state index < -0.39 is 5.41 Å². The van der Waals surface area contributed by atoms with Crippen LogP contribution >= 0.6 is 0 Å². The van der Waals surface area contributed by atoms with Crippen molar-refractivity contribution in [1.82, 2.24) is 4.90 Å². The van der Waals surface area contributed by atoms with Crippen molar-refractivity contribution in [2.24, 2.45) is 0 Å². The Bertz CT molecular complexity index is 701. The van der Waals surface area contributed by atoms with Gasteiger partial charge in [-0.25, -0.2) is 0 Å². The molecule has 0 N–H and O–H groups in total. The Morgan fingerprint density at radius 2 is 1.24 bits per heavy atom. The fourth-order valence-corrected chi connectivity index (χ4v) is 4.54. The van der Waals surface area contributed by atoms with Crippen molar-refractivity contribution in [1.29, 1.82) is 0 Å². The highest BCUT2D eigenvalue weighted by Crippen LogP contribution is 2.48. The zero-order chi connectivity index (χ0) is 18.3. The molecule has 0 saturated carbocycles. The third-order valence-electron chi connectivity index (χ3n) is 5.49. The molecule has 0 spiro atoms. The summed E-state index contributed by atoms with van der Waals surface area (Å²) in [5, 5.41) is 0. The minimum absolute atomic E-state index is 0.150. The summed E-state index contributed by atoms with van der Waals surface area (Å²) in [6, 6.07) is 20.6. The summed E-state index contributed by atoms with van der Waals surface area (Å²) in [7, 11) is 0. The van der Waals surface area contributed by atoms with Crippen LogP contribution in [0.25, 0.3) is 0 Å². The number of benzene rings is 2. The zero-order valence-corrected chi connectivity index (χ0v) is 16.0. The molecule has 1 fully saturated rings. The Balaban J connectivity index is 2.25. The van der Waals surface area contributed by atoms with Crippen LogP contribution in [0.4, 0.5) is 0 Å². The minimum atomic E-state index is -0.606. The summed E-state index contributed by atoms with van der Waals surface area (Å²) in [6.45, 7) is 10.8. The van der Waals surface area contributed by atoms with Crippen molar-refractivity contribution in [2.75, 3.05) is 0 Å². The number of carbonyl (C=O) groups excluding carboxylic acids is 1. The molecule has 1 saturated heterocycles. The highest BCUT2D eigenvalue weighted by Gasteiger charge is 2.54. The molecule has 2 nitrogen and oxygen atoms in total. The standard InChI is InChI=1S/C23H29NO/c1-21(2,3)24-20(25)23(17-16-22(24,4)5,18-12-8-6-9-13-18)19-14-10-7-11-15-19/h6-15H,16-17H2,1-5H3. The largest absolute Gasteiger partial charge is 0.332 e. The molecule has 0 unspecified atom stereocenters. The summed E-state index contributed by atoms with van der Waals surface area (Å²) in [5.74, 6) is 0.216. The zero-order valence-electron chi connectivity index (χ0n) is 16.0. The molecule has 1 aliphatic heterocycles. The molecule has 2 heteroatoms. The number of amides is 1. The molecule has 0 bridgehead atoms. The highest BCUT2D eigenvalue weighted by molar-refractivity contribution is 5.94. The predicted molar refractivity (Wildman–Crippen MR) is 104 cm³/mol. The molecule has 3 rings (SSSR count). The second-order valence-corrected chi connectivity index (χ2v) is 8.76. The molecule has 1 aliphatic rings. The van der Waals surface area contributed by atoms with Gasteiger partial charge in [-0.1, -0.05) is 60.7 Å². The molecular formula is C23H29NO. The van der Waals surface area contributed by atoms with Gasteiger partial charge in [0.2, 0.25) is 5.91 Å². The van der Waals surface area contributed by atoms with Gasteiger partial charge in [0.25, 0.3) is 0 Å². The second-order valence-electron chi connectivity index (χ2n) is 8.76. The molecule has 0 aliphatic carbocycles. The van der Waals surface area contributed by atoms with E-state index in [1.807, 2.05) is 36.4 Å². The van der Waals surface area contributed by atoms with Gasteiger partial charge in [-0.05, 0) is 58.6 Å². The molecule has 2 aromatic carbocycles. The molecule has 1 amide bonds. The Morgan fingerprint density at radius 3 is 1.64 bits per heavy atom. The first kappa shape index (κ1) is 17.7. The first-order chi connectivity index (χ1) is 11.7. The summed E-state index contributed by atoms with van der Waals surface area (Å²) >= 11 is 0. The molecular weight excluding hydrogens is 306 g/mol. The van der Waals surface area contributed by atoms with Crippen molar-refractivity contribution in [3.8, 4) is 0 Å². The van der Waals surface area contributed by atoms with E-state index in [1.165, 1.54) is 0 Å². The van der Waals surface area contributed by atoms with Crippen LogP contribution in [0, 0.1) is 0 Å². The van der Waals surface area contributed by atoms with Crippen molar-refractivity contribution in [3.05, 3.63) is 71.8 Å². The lowest BCUT2D eigenvalue weighted by molar-refractivity contribution is -0.155. The van der Waals surface area contributed by atoms with Crippen LogP contribution < -0.4 is 0 Å². The van der Waals surface area contributed by atoms with Gasteiger partial charge in [-0.15, -0.1) is 0 Å². The van der Waals surface area contributed by atoms with Crippen molar-refractivity contribution < 1.29 is 4.79 Å². The van der Waals surface area contributed by atoms with Crippen molar-refractivity contribution in [3.63, 3.8) is 0 Å². The normalized spacial score (nSPS) is 19.7. The van der Waals surface area contributed by atoms with Gasteiger partial charge in [0, 0.05) is 11.1 Å². The highest BCUT2D eigenvalue weighted by atomic mass is 16.2. The topological polar surface area (TPSA) is 20.3 Å². The van der Waals surface area contributed by atoms with E-state index in [-0.39, 0.29) is 17.0 Å². The first-order valence-corrected chi connectivity index (χ1v) is 9.15. The number of likely N-dealkylation sites (tertiary alicyclic amines) is 1. The fourth-order valence-electron chi connectivity index (χ4n) is 4.54. The Labute approximate surface area is 151 Å². The summed E-state index contributed by atoms with van der Waals surface area (Å²) in [6.07, 6.45) is 1.80. The van der Waals surface area contributed by atoms with Gasteiger partial charge in [0.05, 0.1) is 5.41 Å². The quantitative estimate of drug-likeness (QED) is 0.741. The van der Waals surface area contributed by atoms with Crippen LogP contribution in [0.2, 0.25) is 0 Å². The van der Waals surface area contributed by atoms with Gasteiger partial charge in [0.15, 0.2) is 0 Å². The van der Waals surface area contributed by atoms with Gasteiger partial charge < -0.3 is 4.90 Å². The van der Waals surface area contributed by atoms with Crippen LogP contribution in [0.15, 0.2) is 60.7 Å². The predicted octanol–water partition coefficient (Wildman–Crippen LogP) is 5.17. The maximum absolute atomic E-state index is 14.0. The Kier molecular flexibility index (Phi) is 4.26. The van der Waals surface area contributed by atoms with Gasteiger partial charge in [-0.3, -0.25) is 4.79 Å². The van der Waals surface area contributed by atoms with Crippen LogP contribution in [0.5, 0.6) is 0 Å². The second kappa shape index (κ2) is 6.01. The Hall–Kier alpha value is -2.09. The molecule has 1 heterocycles. The molecule has 0 atom stereocenters. The SMILES string of the molecule is CC(C)(C)N1C(=O)C(c2ccccc2)(c2ccccc2)CCC1(C)C. The minimum Gasteiger partial charge on any atom is -0.332 e. The maximum Gasteiger partial charge on any atom is 0.238 e. The summed E-state index contributed by atoms with van der Waals surface area (Å²) < 4.78 is 0. The molecule has 132 valence electrons. The van der Waals surface area contributed by atoms with Crippen LogP contribution in [-0.2, 0) is 10.2 Å². The molecule has 2 aromatic rings. The van der Waals surface area contributed by atoms with Crippen LogP contribution in [0.1, 0.15) is 58.6 Å². The van der Waals surface area contributed by atoms with Crippen LogP contribution in [-0.4, -0.2) is 21.9 Å². The lowest BCUT2D eigenvalue weighted by Crippen LogP contribution is -2.66. The Morgan fingerprint density at radius 1 is 0.800 bits per heavy atom. The smallest absolute Gasteiger partial charge is 0.238 e. The monoisotopic (exact) mass is 335 g/mol. The van der Waals surface area contributed by atoms with E-state index in [2.05, 4.69) is 63.8 Å². The number of hydrogen-bond acceptors (Lipinski definition) is 1. The lowest BCUT2D eigenvalue weighted by Gasteiger charge is -2.56. The van der Waals surface area contributed by atoms with Crippen molar-refractivity contribution in [2.45, 2.75) is 64.0 Å². The summed E-state index contributed by atoms with van der Waals surface area (Å²) in [5.41, 5.74) is 1.20. The van der Waals surface area contributed by atoms with E-state index in [1.54, 1.807) is 0 Å². The molecule has 0 aromatic heterocycles. The molecule has 25 heavy (non-hydrogen) atoms. The fraction of sp³-hybridized carbons (Fsp3) is 0.435. The third kappa shape index (κ3) is 2.88. The average molecular weight is 335 g/mol. The first-order valence-electron chi connectivity index (χ1n) is 9.15. The summed E-state index contributed by atoms with van der Waals surface area (Å²) in [4.78, 5) is 16.2. The molecule has 0 radical (unpaired) electrons. The van der Waals surface area contributed by atoms with E-state index >= 15 is 0 Å². The maximum atomic E-state index is 14.0. The number of carbonyl (C=O) groups is 1. The third-order valence-corrected chi connectivity index (χ3v) is 5.49. The van der Waals surface area contributed by atoms with Gasteiger partial charge >= 0.3 is 0 Å². The number of nitrogens with zero attached hydrogens (tertiary/aromatic N) is 1. The van der Waals surface area contributed by atoms with E-state index in [0.29, 0.717) is 0 Å². The van der Waals surface area contributed by atoms with Crippen molar-refractivity contribution >= 4 is 5.91 Å². The van der Waals surface area contributed by atoms with Crippen LogP contribution in [0.3, 0.4) is 0 Å². The number of piperidine rings is 1. The van der Waals surface area contributed by atoms with Gasteiger partial charge in [0.1, 0.15) is 0 Å². The number of hydrogen-bond donors (Lipinski definition) is 0.